The van der Waals surface area contributed by atoms with Gasteiger partial charge in [-0.3, -0.25) is 19.1 Å². The Labute approximate surface area is 119 Å². The van der Waals surface area contributed by atoms with E-state index in [1.54, 1.807) is 19.1 Å². The van der Waals surface area contributed by atoms with Crippen LogP contribution >= 0.6 is 0 Å². The summed E-state index contributed by atoms with van der Waals surface area (Å²) in [5.41, 5.74) is -0.415. The van der Waals surface area contributed by atoms with E-state index in [-0.39, 0.29) is 24.3 Å². The van der Waals surface area contributed by atoms with Crippen LogP contribution in [0.3, 0.4) is 0 Å². The molecule has 2 aromatic rings. The Hall–Kier alpha value is -2.70. The second kappa shape index (κ2) is 6.17. The minimum absolute atomic E-state index is 0.207. The van der Waals surface area contributed by atoms with Gasteiger partial charge in [-0.05, 0) is 24.6 Å². The highest BCUT2D eigenvalue weighted by Gasteiger charge is 2.10. The maximum Gasteiger partial charge on any atom is 0.328 e. The van der Waals surface area contributed by atoms with Gasteiger partial charge < -0.3 is 5.32 Å². The van der Waals surface area contributed by atoms with Gasteiger partial charge >= 0.3 is 5.69 Å². The SMILES string of the molecule is C[C@@H](NC(=O)Cn1ccc(=O)[nH]c1=O)c1ccc(F)cc1. The van der Waals surface area contributed by atoms with Gasteiger partial charge in [-0.2, -0.15) is 0 Å². The van der Waals surface area contributed by atoms with E-state index in [4.69, 9.17) is 0 Å². The van der Waals surface area contributed by atoms with E-state index >= 15 is 0 Å². The lowest BCUT2D eigenvalue weighted by molar-refractivity contribution is -0.122. The van der Waals surface area contributed by atoms with Crippen molar-refractivity contribution in [2.24, 2.45) is 0 Å². The Morgan fingerprint density at radius 1 is 1.29 bits per heavy atom. The van der Waals surface area contributed by atoms with Crippen molar-refractivity contribution < 1.29 is 9.18 Å². The molecule has 0 radical (unpaired) electrons. The number of nitrogens with zero attached hydrogens (tertiary/aromatic N) is 1. The quantitative estimate of drug-likeness (QED) is 0.863. The van der Waals surface area contributed by atoms with E-state index in [1.165, 1.54) is 18.3 Å². The predicted octanol–water partition coefficient (Wildman–Crippen LogP) is 0.553. The van der Waals surface area contributed by atoms with Crippen LogP contribution < -0.4 is 16.6 Å². The van der Waals surface area contributed by atoms with Gasteiger partial charge in [-0.15, -0.1) is 0 Å². The van der Waals surface area contributed by atoms with Crippen LogP contribution in [0.15, 0.2) is 46.1 Å². The van der Waals surface area contributed by atoms with Crippen LogP contribution in [-0.2, 0) is 11.3 Å². The summed E-state index contributed by atoms with van der Waals surface area (Å²) in [5.74, 6) is -0.738. The van der Waals surface area contributed by atoms with E-state index in [0.29, 0.717) is 0 Å². The highest BCUT2D eigenvalue weighted by molar-refractivity contribution is 5.76. The molecule has 7 heteroatoms. The molecular formula is C14H14FN3O3. The van der Waals surface area contributed by atoms with Crippen molar-refractivity contribution in [1.82, 2.24) is 14.9 Å². The van der Waals surface area contributed by atoms with Crippen LogP contribution in [0.2, 0.25) is 0 Å². The number of rotatable bonds is 4. The molecule has 2 rings (SSSR count). The molecular weight excluding hydrogens is 277 g/mol. The first kappa shape index (κ1) is 14.7. The second-order valence-electron chi connectivity index (χ2n) is 4.58. The number of nitrogens with one attached hydrogen (secondary N) is 2. The molecule has 6 nitrogen and oxygen atoms in total. The highest BCUT2D eigenvalue weighted by Crippen LogP contribution is 2.12. The number of aromatic nitrogens is 2. The molecule has 0 saturated carbocycles. The summed E-state index contributed by atoms with van der Waals surface area (Å²) >= 11 is 0. The Kier molecular flexibility index (Phi) is 4.32. The number of halogens is 1. The molecule has 0 aliphatic heterocycles. The number of hydrogen-bond donors (Lipinski definition) is 2. The van der Waals surface area contributed by atoms with Gasteiger partial charge in [-0.1, -0.05) is 12.1 Å². The van der Waals surface area contributed by atoms with Crippen LogP contribution in [0, 0.1) is 5.82 Å². The third-order valence-electron chi connectivity index (χ3n) is 2.96. The van der Waals surface area contributed by atoms with E-state index in [1.807, 2.05) is 0 Å². The standard InChI is InChI=1S/C14H14FN3O3/c1-9(10-2-4-11(15)5-3-10)16-13(20)8-18-7-6-12(19)17-14(18)21/h2-7,9H,8H2,1H3,(H,16,20)(H,17,19,21)/t9-/m1/s1. The van der Waals surface area contributed by atoms with Crippen molar-refractivity contribution in [2.75, 3.05) is 0 Å². The molecule has 0 fully saturated rings. The van der Waals surface area contributed by atoms with Crippen LogP contribution in [0.4, 0.5) is 4.39 Å². The number of amides is 1. The second-order valence-corrected chi connectivity index (χ2v) is 4.58. The van der Waals surface area contributed by atoms with Crippen molar-refractivity contribution >= 4 is 5.91 Å². The topological polar surface area (TPSA) is 84.0 Å². The van der Waals surface area contributed by atoms with Crippen LogP contribution in [0.1, 0.15) is 18.5 Å². The fourth-order valence-electron chi connectivity index (χ4n) is 1.85. The maximum atomic E-state index is 12.8. The van der Waals surface area contributed by atoms with Gasteiger partial charge in [0.15, 0.2) is 0 Å². The summed E-state index contributed by atoms with van der Waals surface area (Å²) in [5, 5.41) is 2.69. The van der Waals surface area contributed by atoms with Crippen molar-refractivity contribution in [3.63, 3.8) is 0 Å². The number of aromatic amines is 1. The molecule has 0 aliphatic carbocycles. The molecule has 0 aliphatic rings. The molecule has 0 unspecified atom stereocenters. The fourth-order valence-corrected chi connectivity index (χ4v) is 1.85. The molecule has 0 bridgehead atoms. The van der Waals surface area contributed by atoms with Gasteiger partial charge in [-0.25, -0.2) is 9.18 Å². The van der Waals surface area contributed by atoms with E-state index in [2.05, 4.69) is 10.3 Å². The average molecular weight is 291 g/mol. The zero-order chi connectivity index (χ0) is 15.4. The van der Waals surface area contributed by atoms with E-state index in [0.717, 1.165) is 16.2 Å². The molecule has 1 amide bonds. The number of H-pyrrole nitrogens is 1. The van der Waals surface area contributed by atoms with Gasteiger partial charge in [0.1, 0.15) is 12.4 Å². The summed E-state index contributed by atoms with van der Waals surface area (Å²) in [4.78, 5) is 36.3. The van der Waals surface area contributed by atoms with Gasteiger partial charge in [0.05, 0.1) is 6.04 Å². The smallest absolute Gasteiger partial charge is 0.328 e. The van der Waals surface area contributed by atoms with Crippen LogP contribution in [0.25, 0.3) is 0 Å². The van der Waals surface area contributed by atoms with Crippen molar-refractivity contribution in [1.29, 1.82) is 0 Å². The van der Waals surface area contributed by atoms with Gasteiger partial charge in [0.25, 0.3) is 5.56 Å². The number of carbonyl (C=O) groups is 1. The summed E-state index contributed by atoms with van der Waals surface area (Å²) in [6.45, 7) is 1.54. The third kappa shape index (κ3) is 3.88. The fraction of sp³-hybridized carbons (Fsp3) is 0.214. The van der Waals surface area contributed by atoms with Crippen molar-refractivity contribution in [3.8, 4) is 0 Å². The zero-order valence-electron chi connectivity index (χ0n) is 11.3. The van der Waals surface area contributed by atoms with E-state index < -0.39 is 11.2 Å². The van der Waals surface area contributed by atoms with Crippen molar-refractivity contribution in [2.45, 2.75) is 19.5 Å². The number of benzene rings is 1. The predicted molar refractivity (Wildman–Crippen MR) is 74.3 cm³/mol. The normalized spacial score (nSPS) is 11.9. The highest BCUT2D eigenvalue weighted by atomic mass is 19.1. The lowest BCUT2D eigenvalue weighted by Gasteiger charge is -2.14. The molecule has 1 aromatic heterocycles. The minimum Gasteiger partial charge on any atom is -0.348 e. The Morgan fingerprint density at radius 2 is 1.95 bits per heavy atom. The molecule has 1 heterocycles. The monoisotopic (exact) mass is 291 g/mol. The lowest BCUT2D eigenvalue weighted by atomic mass is 10.1. The molecule has 1 aromatic carbocycles. The first-order valence-electron chi connectivity index (χ1n) is 6.30. The van der Waals surface area contributed by atoms with Gasteiger partial charge in [0.2, 0.25) is 5.91 Å². The Morgan fingerprint density at radius 3 is 2.57 bits per heavy atom. The molecule has 0 saturated heterocycles. The van der Waals surface area contributed by atoms with Gasteiger partial charge in [0, 0.05) is 12.3 Å². The third-order valence-corrected chi connectivity index (χ3v) is 2.96. The van der Waals surface area contributed by atoms with Crippen LogP contribution in [-0.4, -0.2) is 15.5 Å². The Balaban J connectivity index is 2.02. The lowest BCUT2D eigenvalue weighted by Crippen LogP contribution is -2.36. The summed E-state index contributed by atoms with van der Waals surface area (Å²) < 4.78 is 13.9. The summed E-state index contributed by atoms with van der Waals surface area (Å²) in [7, 11) is 0. The molecule has 0 spiro atoms. The average Bonchev–Trinajstić information content (AvgIpc) is 2.42. The number of carbonyl (C=O) groups excluding carboxylic acids is 1. The first-order chi connectivity index (χ1) is 9.95. The summed E-state index contributed by atoms with van der Waals surface area (Å²) in [6.07, 6.45) is 1.25. The molecule has 2 N–H and O–H groups in total. The molecule has 21 heavy (non-hydrogen) atoms. The largest absolute Gasteiger partial charge is 0.348 e. The maximum absolute atomic E-state index is 12.8. The summed E-state index contributed by atoms with van der Waals surface area (Å²) in [6, 6.07) is 6.61. The molecule has 110 valence electrons. The van der Waals surface area contributed by atoms with E-state index in [9.17, 15) is 18.8 Å². The number of hydrogen-bond acceptors (Lipinski definition) is 3. The molecule has 1 atom stereocenters. The van der Waals surface area contributed by atoms with Crippen molar-refractivity contribution in [3.05, 3.63) is 68.7 Å². The first-order valence-corrected chi connectivity index (χ1v) is 6.30. The van der Waals surface area contributed by atoms with Crippen LogP contribution in [0.5, 0.6) is 0 Å². The zero-order valence-corrected chi connectivity index (χ0v) is 11.3. The Bertz CT molecular complexity index is 749. The minimum atomic E-state index is -0.646.